The summed E-state index contributed by atoms with van der Waals surface area (Å²) in [5, 5.41) is 0.345. The van der Waals surface area contributed by atoms with Gasteiger partial charge in [-0.3, -0.25) is 0 Å². The number of benzene rings is 1. The average Bonchev–Trinajstić information content (AvgIpc) is 2.01. The van der Waals surface area contributed by atoms with Crippen LogP contribution in [0.15, 0.2) is 18.2 Å². The van der Waals surface area contributed by atoms with E-state index in [4.69, 9.17) is 11.6 Å². The third-order valence-electron chi connectivity index (χ3n) is 2.02. The van der Waals surface area contributed by atoms with Crippen molar-refractivity contribution in [3.8, 4) is 0 Å². The monoisotopic (exact) mass is 221 g/mol. The normalized spacial score (nSPS) is 12.2. The minimum Gasteiger partial charge on any atom is -0.445 e. The van der Waals surface area contributed by atoms with Crippen LogP contribution in [-0.4, -0.2) is 6.98 Å². The van der Waals surface area contributed by atoms with E-state index in [1.807, 2.05) is 0 Å². The molecular weight excluding hydrogens is 211 g/mol. The molecular formula is C9H10BClF3-. The molecule has 0 fully saturated rings. The first-order valence-corrected chi connectivity index (χ1v) is 4.69. The predicted octanol–water partition coefficient (Wildman–Crippen LogP) is 3.52. The molecule has 0 saturated carbocycles. The maximum atomic E-state index is 12.6. The lowest BCUT2D eigenvalue weighted by Gasteiger charge is -2.21. The molecule has 0 spiro atoms. The lowest BCUT2D eigenvalue weighted by Crippen LogP contribution is -2.37. The molecule has 0 aliphatic heterocycles. The third kappa shape index (κ3) is 2.44. The van der Waals surface area contributed by atoms with Crippen LogP contribution in [0.5, 0.6) is 0 Å². The minimum atomic E-state index is -4.94. The molecule has 0 saturated heterocycles. The molecule has 1 aromatic rings. The molecule has 0 aliphatic rings. The topological polar surface area (TPSA) is 0 Å². The van der Waals surface area contributed by atoms with Crippen molar-refractivity contribution >= 4 is 24.0 Å². The lowest BCUT2D eigenvalue weighted by molar-refractivity contribution is 0.499. The SMILES string of the molecule is CC(C)c1cc(Cl)ccc1[B-](F)(F)F. The Morgan fingerprint density at radius 1 is 1.21 bits per heavy atom. The highest BCUT2D eigenvalue weighted by atomic mass is 35.5. The number of halogens is 4. The van der Waals surface area contributed by atoms with Crippen LogP contribution >= 0.6 is 11.6 Å². The highest BCUT2D eigenvalue weighted by Crippen LogP contribution is 2.22. The van der Waals surface area contributed by atoms with Gasteiger partial charge in [-0.25, -0.2) is 0 Å². The molecule has 0 atom stereocenters. The summed E-state index contributed by atoms with van der Waals surface area (Å²) in [6, 6.07) is 3.71. The zero-order valence-corrected chi connectivity index (χ0v) is 8.65. The van der Waals surface area contributed by atoms with Crippen LogP contribution in [0.25, 0.3) is 0 Å². The van der Waals surface area contributed by atoms with Gasteiger partial charge >= 0.3 is 6.98 Å². The molecule has 0 bridgehead atoms. The van der Waals surface area contributed by atoms with Crippen molar-refractivity contribution < 1.29 is 12.9 Å². The second-order valence-electron chi connectivity index (χ2n) is 3.50. The molecule has 0 N–H and O–H groups in total. The summed E-state index contributed by atoms with van der Waals surface area (Å²) in [6.07, 6.45) is 0. The van der Waals surface area contributed by atoms with Gasteiger partial charge in [-0.1, -0.05) is 37.1 Å². The molecule has 5 heteroatoms. The number of hydrogen-bond acceptors (Lipinski definition) is 0. The second-order valence-corrected chi connectivity index (χ2v) is 3.94. The van der Waals surface area contributed by atoms with Gasteiger partial charge in [0, 0.05) is 5.02 Å². The molecule has 1 rings (SSSR count). The fraction of sp³-hybridized carbons (Fsp3) is 0.333. The number of hydrogen-bond donors (Lipinski definition) is 0. The van der Waals surface area contributed by atoms with Gasteiger partial charge in [0.1, 0.15) is 0 Å². The van der Waals surface area contributed by atoms with Gasteiger partial charge in [0.2, 0.25) is 0 Å². The summed E-state index contributed by atoms with van der Waals surface area (Å²) >= 11 is 5.65. The second kappa shape index (κ2) is 3.85. The van der Waals surface area contributed by atoms with E-state index in [0.29, 0.717) is 5.02 Å². The summed E-state index contributed by atoms with van der Waals surface area (Å²) in [5.41, 5.74) is -0.269. The zero-order chi connectivity index (χ0) is 10.9. The summed E-state index contributed by atoms with van der Waals surface area (Å²) in [7, 11) is 0. The molecule has 0 unspecified atom stereocenters. The Morgan fingerprint density at radius 2 is 1.79 bits per heavy atom. The van der Waals surface area contributed by atoms with Gasteiger partial charge in [-0.2, -0.15) is 0 Å². The molecule has 0 heterocycles. The van der Waals surface area contributed by atoms with Crippen LogP contribution in [0.1, 0.15) is 25.3 Å². The van der Waals surface area contributed by atoms with Crippen LogP contribution < -0.4 is 5.46 Å². The van der Waals surface area contributed by atoms with E-state index in [-0.39, 0.29) is 11.5 Å². The van der Waals surface area contributed by atoms with Crippen LogP contribution in [0.2, 0.25) is 5.02 Å². The average molecular weight is 221 g/mol. The van der Waals surface area contributed by atoms with E-state index in [1.54, 1.807) is 13.8 Å². The van der Waals surface area contributed by atoms with Crippen molar-refractivity contribution in [3.05, 3.63) is 28.8 Å². The molecule has 0 amide bonds. The van der Waals surface area contributed by atoms with E-state index in [0.717, 1.165) is 6.07 Å². The van der Waals surface area contributed by atoms with Crippen molar-refractivity contribution in [3.63, 3.8) is 0 Å². The van der Waals surface area contributed by atoms with E-state index in [1.165, 1.54) is 12.1 Å². The smallest absolute Gasteiger partial charge is 0.445 e. The molecule has 1 aromatic carbocycles. The largest absolute Gasteiger partial charge is 0.509 e. The van der Waals surface area contributed by atoms with Crippen LogP contribution in [-0.2, 0) is 0 Å². The van der Waals surface area contributed by atoms with Gasteiger partial charge in [-0.15, -0.1) is 5.46 Å². The highest BCUT2D eigenvalue weighted by molar-refractivity contribution is 6.74. The van der Waals surface area contributed by atoms with Gasteiger partial charge in [0.05, 0.1) is 0 Å². The summed E-state index contributed by atoms with van der Waals surface area (Å²) in [6.45, 7) is -1.50. The van der Waals surface area contributed by atoms with E-state index >= 15 is 0 Å². The molecule has 0 radical (unpaired) electrons. The van der Waals surface area contributed by atoms with Crippen molar-refractivity contribution in [1.82, 2.24) is 0 Å². The first-order valence-electron chi connectivity index (χ1n) is 4.31. The van der Waals surface area contributed by atoms with Gasteiger partial charge in [0.25, 0.3) is 0 Å². The maximum Gasteiger partial charge on any atom is 0.509 e. The first kappa shape index (κ1) is 11.4. The van der Waals surface area contributed by atoms with Crippen molar-refractivity contribution in [2.45, 2.75) is 19.8 Å². The van der Waals surface area contributed by atoms with Gasteiger partial charge in [0.15, 0.2) is 0 Å². The quantitative estimate of drug-likeness (QED) is 0.670. The van der Waals surface area contributed by atoms with Crippen molar-refractivity contribution in [2.75, 3.05) is 0 Å². The Labute approximate surface area is 86.1 Å². The Balaban J connectivity index is 3.29. The standard InChI is InChI=1S/C9H10BClF3/c1-6(2)8-5-7(11)3-4-9(8)10(12,13)14/h3-6H,1-2H3/q-1. The molecule has 0 nitrogen and oxygen atoms in total. The highest BCUT2D eigenvalue weighted by Gasteiger charge is 2.28. The Morgan fingerprint density at radius 3 is 2.21 bits per heavy atom. The number of rotatable bonds is 2. The Hall–Kier alpha value is -0.635. The molecule has 78 valence electrons. The van der Waals surface area contributed by atoms with Gasteiger partial charge in [-0.05, 0) is 18.1 Å². The zero-order valence-electron chi connectivity index (χ0n) is 7.90. The van der Waals surface area contributed by atoms with Crippen molar-refractivity contribution in [2.24, 2.45) is 0 Å². The van der Waals surface area contributed by atoms with Gasteiger partial charge < -0.3 is 12.9 Å². The summed E-state index contributed by atoms with van der Waals surface area (Å²) in [5.74, 6) is -0.174. The summed E-state index contributed by atoms with van der Waals surface area (Å²) < 4.78 is 37.7. The van der Waals surface area contributed by atoms with Crippen molar-refractivity contribution in [1.29, 1.82) is 0 Å². The van der Waals surface area contributed by atoms with E-state index in [2.05, 4.69) is 0 Å². The molecule has 0 aliphatic carbocycles. The molecule has 14 heavy (non-hydrogen) atoms. The Kier molecular flexibility index (Phi) is 3.15. The van der Waals surface area contributed by atoms with Crippen LogP contribution in [0.4, 0.5) is 12.9 Å². The Bertz CT molecular complexity index is 333. The van der Waals surface area contributed by atoms with E-state index in [9.17, 15) is 12.9 Å². The summed E-state index contributed by atoms with van der Waals surface area (Å²) in [4.78, 5) is 0. The first-order chi connectivity index (χ1) is 6.32. The predicted molar refractivity (Wildman–Crippen MR) is 54.3 cm³/mol. The third-order valence-corrected chi connectivity index (χ3v) is 2.26. The fourth-order valence-electron chi connectivity index (χ4n) is 1.34. The van der Waals surface area contributed by atoms with Crippen LogP contribution in [0, 0.1) is 0 Å². The van der Waals surface area contributed by atoms with E-state index < -0.39 is 12.4 Å². The van der Waals surface area contributed by atoms with Crippen LogP contribution in [0.3, 0.4) is 0 Å². The lowest BCUT2D eigenvalue weighted by atomic mass is 9.74. The fourth-order valence-corrected chi connectivity index (χ4v) is 1.52. The minimum absolute atomic E-state index is 0.174. The maximum absolute atomic E-state index is 12.6. The molecule has 0 aromatic heterocycles.